The Morgan fingerprint density at radius 1 is 1.47 bits per heavy atom. The fourth-order valence-electron chi connectivity index (χ4n) is 1.83. The highest BCUT2D eigenvalue weighted by molar-refractivity contribution is 5.77. The van der Waals surface area contributed by atoms with Crippen molar-refractivity contribution in [3.63, 3.8) is 0 Å². The minimum absolute atomic E-state index is 0.0228. The molecule has 0 bridgehead atoms. The molecule has 0 aliphatic carbocycles. The number of aryl methyl sites for hydroxylation is 1. The molecule has 1 heterocycles. The summed E-state index contributed by atoms with van der Waals surface area (Å²) >= 11 is 0. The summed E-state index contributed by atoms with van der Waals surface area (Å²) in [7, 11) is 0. The first-order valence-corrected chi connectivity index (χ1v) is 5.74. The third-order valence-electron chi connectivity index (χ3n) is 3.05. The van der Waals surface area contributed by atoms with Crippen LogP contribution in [0.3, 0.4) is 0 Å². The molecule has 1 fully saturated rings. The van der Waals surface area contributed by atoms with Crippen LogP contribution in [0.4, 0.5) is 5.69 Å². The number of carbonyl (C=O) groups is 1. The van der Waals surface area contributed by atoms with Crippen molar-refractivity contribution in [2.75, 3.05) is 6.54 Å². The van der Waals surface area contributed by atoms with Gasteiger partial charge in [0.2, 0.25) is 5.91 Å². The Morgan fingerprint density at radius 2 is 2.18 bits per heavy atom. The molecule has 0 radical (unpaired) electrons. The van der Waals surface area contributed by atoms with Crippen molar-refractivity contribution in [3.8, 4) is 0 Å². The summed E-state index contributed by atoms with van der Waals surface area (Å²) in [5.74, 6) is 0.0228. The minimum atomic E-state index is -0.560. The van der Waals surface area contributed by atoms with Crippen LogP contribution in [0.2, 0.25) is 0 Å². The molecule has 1 atom stereocenters. The lowest BCUT2D eigenvalue weighted by Gasteiger charge is -2.37. The van der Waals surface area contributed by atoms with Gasteiger partial charge in [-0.1, -0.05) is 12.1 Å². The maximum Gasteiger partial charge on any atom is 0.224 e. The van der Waals surface area contributed by atoms with E-state index in [1.807, 2.05) is 24.3 Å². The topological polar surface area (TPSA) is 52.9 Å². The van der Waals surface area contributed by atoms with Gasteiger partial charge in [-0.25, -0.2) is 0 Å². The Balaban J connectivity index is 1.84. The van der Waals surface area contributed by atoms with Crippen LogP contribution in [0.5, 0.6) is 0 Å². The number of aliphatic hydroxyl groups is 1. The van der Waals surface area contributed by atoms with Crippen molar-refractivity contribution in [1.82, 2.24) is 4.90 Å². The number of benzene rings is 1. The van der Waals surface area contributed by atoms with E-state index in [0.29, 0.717) is 25.8 Å². The Bertz CT molecular complexity index is 414. The highest BCUT2D eigenvalue weighted by atomic mass is 16.3. The molecule has 4 nitrogen and oxygen atoms in total. The second kappa shape index (κ2) is 5.10. The second-order valence-corrected chi connectivity index (χ2v) is 4.18. The van der Waals surface area contributed by atoms with Crippen molar-refractivity contribution in [1.29, 1.82) is 0 Å². The molecular formula is C13H16N2O2. The summed E-state index contributed by atoms with van der Waals surface area (Å²) in [6.07, 6.45) is 1.28. The van der Waals surface area contributed by atoms with Crippen LogP contribution in [-0.4, -0.2) is 35.4 Å². The molecule has 1 aromatic rings. The molecular weight excluding hydrogens is 216 g/mol. The predicted octanol–water partition coefficient (Wildman–Crippen LogP) is 1.50. The van der Waals surface area contributed by atoms with Gasteiger partial charge in [0, 0.05) is 19.4 Å². The first-order chi connectivity index (χ1) is 8.20. The predicted molar refractivity (Wildman–Crippen MR) is 66.3 cm³/mol. The summed E-state index contributed by atoms with van der Waals surface area (Å²) in [5.41, 5.74) is 1.93. The second-order valence-electron chi connectivity index (χ2n) is 4.18. The van der Waals surface area contributed by atoms with E-state index in [0.717, 1.165) is 11.3 Å². The van der Waals surface area contributed by atoms with Gasteiger partial charge >= 0.3 is 0 Å². The number of likely N-dealkylation sites (tertiary alicyclic amines) is 1. The van der Waals surface area contributed by atoms with Gasteiger partial charge in [0.1, 0.15) is 6.23 Å². The summed E-state index contributed by atoms with van der Waals surface area (Å²) in [6.45, 7) is 4.13. The molecule has 1 N–H and O–H groups in total. The molecule has 0 aromatic heterocycles. The maximum absolute atomic E-state index is 11.7. The number of aliphatic hydroxyl groups excluding tert-OH is 1. The van der Waals surface area contributed by atoms with E-state index in [9.17, 15) is 9.90 Å². The number of aliphatic imine (C=N–C) groups is 1. The van der Waals surface area contributed by atoms with E-state index in [4.69, 9.17) is 0 Å². The number of rotatable bonds is 4. The van der Waals surface area contributed by atoms with Crippen LogP contribution in [0, 0.1) is 0 Å². The monoisotopic (exact) mass is 232 g/mol. The average molecular weight is 232 g/mol. The first-order valence-electron chi connectivity index (χ1n) is 5.74. The van der Waals surface area contributed by atoms with Gasteiger partial charge in [0.15, 0.2) is 0 Å². The molecule has 1 unspecified atom stereocenters. The average Bonchev–Trinajstić information content (AvgIpc) is 2.35. The normalized spacial score (nSPS) is 18.6. The fraction of sp³-hybridized carbons (Fsp3) is 0.385. The molecule has 90 valence electrons. The molecule has 1 aromatic carbocycles. The van der Waals surface area contributed by atoms with E-state index in [1.165, 1.54) is 4.90 Å². The first kappa shape index (κ1) is 11.8. The summed E-state index contributed by atoms with van der Waals surface area (Å²) < 4.78 is 0. The molecule has 1 amide bonds. The highest BCUT2D eigenvalue weighted by Crippen LogP contribution is 2.17. The minimum Gasteiger partial charge on any atom is -0.373 e. The zero-order valence-electron chi connectivity index (χ0n) is 9.67. The van der Waals surface area contributed by atoms with Gasteiger partial charge < -0.3 is 10.0 Å². The third kappa shape index (κ3) is 2.71. The smallest absolute Gasteiger partial charge is 0.224 e. The Morgan fingerprint density at radius 3 is 2.65 bits per heavy atom. The van der Waals surface area contributed by atoms with Crippen LogP contribution in [0.15, 0.2) is 29.3 Å². The van der Waals surface area contributed by atoms with Gasteiger partial charge in [0.25, 0.3) is 0 Å². The van der Waals surface area contributed by atoms with Gasteiger partial charge in [-0.2, -0.15) is 0 Å². The van der Waals surface area contributed by atoms with E-state index in [1.54, 1.807) is 0 Å². The lowest BCUT2D eigenvalue weighted by Crippen LogP contribution is -2.50. The molecule has 1 saturated heterocycles. The van der Waals surface area contributed by atoms with Crippen molar-refractivity contribution in [3.05, 3.63) is 29.8 Å². The molecule has 0 spiro atoms. The zero-order valence-corrected chi connectivity index (χ0v) is 9.67. The maximum atomic E-state index is 11.7. The summed E-state index contributed by atoms with van der Waals surface area (Å²) in [6, 6.07) is 7.66. The van der Waals surface area contributed by atoms with Gasteiger partial charge in [-0.3, -0.25) is 9.79 Å². The standard InChI is InChI=1S/C13H16N2O2/c1-14-11-5-2-10(3-6-11)4-7-12(16)15-9-8-13(15)17/h2-3,5-6,13,17H,1,4,7-9H2. The zero-order chi connectivity index (χ0) is 12.3. The Hall–Kier alpha value is -1.68. The van der Waals surface area contributed by atoms with Gasteiger partial charge in [-0.15, -0.1) is 0 Å². The third-order valence-corrected chi connectivity index (χ3v) is 3.05. The number of hydrogen-bond donors (Lipinski definition) is 1. The number of amides is 1. The van der Waals surface area contributed by atoms with Crippen LogP contribution in [0.25, 0.3) is 0 Å². The van der Waals surface area contributed by atoms with Crippen LogP contribution >= 0.6 is 0 Å². The van der Waals surface area contributed by atoms with Crippen molar-refractivity contribution in [2.24, 2.45) is 4.99 Å². The van der Waals surface area contributed by atoms with Crippen LogP contribution < -0.4 is 0 Å². The number of hydrogen-bond acceptors (Lipinski definition) is 3. The SMILES string of the molecule is C=Nc1ccc(CCC(=O)N2CCC2O)cc1. The fourth-order valence-corrected chi connectivity index (χ4v) is 1.83. The molecule has 17 heavy (non-hydrogen) atoms. The van der Waals surface area contributed by atoms with E-state index in [-0.39, 0.29) is 5.91 Å². The summed E-state index contributed by atoms with van der Waals surface area (Å²) in [4.78, 5) is 17.0. The van der Waals surface area contributed by atoms with E-state index in [2.05, 4.69) is 11.7 Å². The van der Waals surface area contributed by atoms with Gasteiger partial charge in [0.05, 0.1) is 5.69 Å². The Kier molecular flexibility index (Phi) is 3.54. The molecule has 4 heteroatoms. The highest BCUT2D eigenvalue weighted by Gasteiger charge is 2.29. The number of nitrogens with zero attached hydrogens (tertiary/aromatic N) is 2. The van der Waals surface area contributed by atoms with E-state index < -0.39 is 6.23 Å². The van der Waals surface area contributed by atoms with Crippen LogP contribution in [-0.2, 0) is 11.2 Å². The molecule has 2 rings (SSSR count). The molecule has 1 aliphatic rings. The van der Waals surface area contributed by atoms with E-state index >= 15 is 0 Å². The lowest BCUT2D eigenvalue weighted by molar-refractivity contribution is -0.154. The lowest BCUT2D eigenvalue weighted by atomic mass is 10.1. The molecule has 0 saturated carbocycles. The molecule has 1 aliphatic heterocycles. The summed E-state index contributed by atoms with van der Waals surface area (Å²) in [5, 5.41) is 9.33. The quantitative estimate of drug-likeness (QED) is 0.800. The Labute approximate surface area is 101 Å². The largest absolute Gasteiger partial charge is 0.373 e. The van der Waals surface area contributed by atoms with Crippen molar-refractivity contribution >= 4 is 18.3 Å². The van der Waals surface area contributed by atoms with Crippen molar-refractivity contribution in [2.45, 2.75) is 25.5 Å². The van der Waals surface area contributed by atoms with Crippen LogP contribution in [0.1, 0.15) is 18.4 Å². The number of carbonyl (C=O) groups excluding carboxylic acids is 1. The van der Waals surface area contributed by atoms with Gasteiger partial charge in [-0.05, 0) is 30.8 Å². The van der Waals surface area contributed by atoms with Crippen molar-refractivity contribution < 1.29 is 9.90 Å².